The molecule has 15 heavy (non-hydrogen) atoms. The van der Waals surface area contributed by atoms with Gasteiger partial charge in [0.2, 0.25) is 0 Å². The molecular formula is C13H21NO. The normalized spacial score (nSPS) is 13.1. The molecule has 1 unspecified atom stereocenters. The standard InChI is InChI=1S/C13H21NO/c1-4-15-13(9-14)12-7-5-11(6-8-12)10(2)3/h5-8,10,13H,4,9,14H2,1-3H3. The molecule has 84 valence electrons. The van der Waals surface area contributed by atoms with Crippen molar-refractivity contribution in [2.24, 2.45) is 5.73 Å². The van der Waals surface area contributed by atoms with Gasteiger partial charge in [-0.05, 0) is 24.0 Å². The van der Waals surface area contributed by atoms with Gasteiger partial charge in [0.05, 0.1) is 6.10 Å². The largest absolute Gasteiger partial charge is 0.372 e. The van der Waals surface area contributed by atoms with E-state index in [1.165, 1.54) is 11.1 Å². The van der Waals surface area contributed by atoms with Gasteiger partial charge in [-0.15, -0.1) is 0 Å². The van der Waals surface area contributed by atoms with Crippen LogP contribution in [0.2, 0.25) is 0 Å². The van der Waals surface area contributed by atoms with Crippen LogP contribution >= 0.6 is 0 Å². The van der Waals surface area contributed by atoms with Gasteiger partial charge in [-0.2, -0.15) is 0 Å². The molecule has 1 aromatic carbocycles. The lowest BCUT2D eigenvalue weighted by Crippen LogP contribution is -2.15. The van der Waals surface area contributed by atoms with Crippen molar-refractivity contribution in [3.05, 3.63) is 35.4 Å². The van der Waals surface area contributed by atoms with Gasteiger partial charge in [0, 0.05) is 13.2 Å². The lowest BCUT2D eigenvalue weighted by Gasteiger charge is -2.16. The summed E-state index contributed by atoms with van der Waals surface area (Å²) in [6.45, 7) is 7.61. The number of nitrogens with two attached hydrogens (primary N) is 1. The minimum atomic E-state index is 0.0382. The number of hydrogen-bond acceptors (Lipinski definition) is 2. The molecule has 0 bridgehead atoms. The number of hydrogen-bond donors (Lipinski definition) is 1. The van der Waals surface area contributed by atoms with Crippen molar-refractivity contribution in [2.45, 2.75) is 32.8 Å². The summed E-state index contributed by atoms with van der Waals surface area (Å²) in [5.41, 5.74) is 8.19. The highest BCUT2D eigenvalue weighted by molar-refractivity contribution is 5.26. The van der Waals surface area contributed by atoms with E-state index in [0.29, 0.717) is 19.1 Å². The Morgan fingerprint density at radius 2 is 1.67 bits per heavy atom. The highest BCUT2D eigenvalue weighted by atomic mass is 16.5. The molecule has 0 amide bonds. The average Bonchev–Trinajstić information content (AvgIpc) is 2.26. The monoisotopic (exact) mass is 207 g/mol. The number of benzene rings is 1. The van der Waals surface area contributed by atoms with Gasteiger partial charge in [0.25, 0.3) is 0 Å². The maximum Gasteiger partial charge on any atom is 0.0946 e. The van der Waals surface area contributed by atoms with E-state index in [-0.39, 0.29) is 6.10 Å². The van der Waals surface area contributed by atoms with Crippen LogP contribution in [0.25, 0.3) is 0 Å². The van der Waals surface area contributed by atoms with E-state index >= 15 is 0 Å². The summed E-state index contributed by atoms with van der Waals surface area (Å²) in [6.07, 6.45) is 0.0382. The molecule has 1 aromatic rings. The first-order valence-electron chi connectivity index (χ1n) is 5.60. The Kier molecular flexibility index (Phi) is 4.79. The van der Waals surface area contributed by atoms with Crippen molar-refractivity contribution >= 4 is 0 Å². The number of rotatable bonds is 5. The molecule has 2 heteroatoms. The first kappa shape index (κ1) is 12.2. The summed E-state index contributed by atoms with van der Waals surface area (Å²) in [5, 5.41) is 0. The van der Waals surface area contributed by atoms with E-state index in [4.69, 9.17) is 10.5 Å². The molecular weight excluding hydrogens is 186 g/mol. The van der Waals surface area contributed by atoms with Gasteiger partial charge in [-0.3, -0.25) is 0 Å². The molecule has 1 atom stereocenters. The number of ether oxygens (including phenoxy) is 1. The van der Waals surface area contributed by atoms with E-state index in [9.17, 15) is 0 Å². The van der Waals surface area contributed by atoms with Crippen LogP contribution in [0, 0.1) is 0 Å². The van der Waals surface area contributed by atoms with Crippen LogP contribution in [0.1, 0.15) is 43.9 Å². The Hall–Kier alpha value is -0.860. The molecule has 0 saturated heterocycles. The molecule has 0 aliphatic carbocycles. The van der Waals surface area contributed by atoms with E-state index in [2.05, 4.69) is 38.1 Å². The molecule has 2 nitrogen and oxygen atoms in total. The summed E-state index contributed by atoms with van der Waals surface area (Å²) < 4.78 is 5.55. The van der Waals surface area contributed by atoms with Crippen molar-refractivity contribution in [1.29, 1.82) is 0 Å². The molecule has 0 spiro atoms. The molecule has 0 fully saturated rings. The smallest absolute Gasteiger partial charge is 0.0946 e. The van der Waals surface area contributed by atoms with Crippen LogP contribution < -0.4 is 5.73 Å². The van der Waals surface area contributed by atoms with Crippen molar-refractivity contribution in [3.8, 4) is 0 Å². The third-order valence-corrected chi connectivity index (χ3v) is 2.56. The highest BCUT2D eigenvalue weighted by Gasteiger charge is 2.09. The van der Waals surface area contributed by atoms with Gasteiger partial charge in [0.15, 0.2) is 0 Å². The van der Waals surface area contributed by atoms with Crippen molar-refractivity contribution in [2.75, 3.05) is 13.2 Å². The Morgan fingerprint density at radius 3 is 2.07 bits per heavy atom. The fraction of sp³-hybridized carbons (Fsp3) is 0.538. The van der Waals surface area contributed by atoms with Gasteiger partial charge in [0.1, 0.15) is 0 Å². The zero-order valence-corrected chi connectivity index (χ0v) is 9.86. The second-order valence-electron chi connectivity index (χ2n) is 4.00. The molecule has 0 heterocycles. The second-order valence-corrected chi connectivity index (χ2v) is 4.00. The fourth-order valence-electron chi connectivity index (χ4n) is 1.60. The predicted octanol–water partition coefficient (Wildman–Crippen LogP) is 2.85. The lowest BCUT2D eigenvalue weighted by molar-refractivity contribution is 0.0688. The topological polar surface area (TPSA) is 35.2 Å². The SMILES string of the molecule is CCOC(CN)c1ccc(C(C)C)cc1. The summed E-state index contributed by atoms with van der Waals surface area (Å²) in [5.74, 6) is 0.572. The van der Waals surface area contributed by atoms with Gasteiger partial charge < -0.3 is 10.5 Å². The van der Waals surface area contributed by atoms with Gasteiger partial charge in [-0.1, -0.05) is 38.1 Å². The Labute approximate surface area is 92.4 Å². The minimum Gasteiger partial charge on any atom is -0.372 e. The molecule has 0 aliphatic rings. The Bertz CT molecular complexity index is 279. The van der Waals surface area contributed by atoms with Crippen LogP contribution in [0.15, 0.2) is 24.3 Å². The van der Waals surface area contributed by atoms with Crippen LogP contribution in [-0.4, -0.2) is 13.2 Å². The Balaban J connectivity index is 2.77. The quantitative estimate of drug-likeness (QED) is 0.805. The minimum absolute atomic E-state index is 0.0382. The molecule has 0 aromatic heterocycles. The third-order valence-electron chi connectivity index (χ3n) is 2.56. The zero-order valence-electron chi connectivity index (χ0n) is 9.86. The molecule has 0 radical (unpaired) electrons. The summed E-state index contributed by atoms with van der Waals surface area (Å²) in [4.78, 5) is 0. The van der Waals surface area contributed by atoms with Crippen molar-refractivity contribution in [1.82, 2.24) is 0 Å². The maximum atomic E-state index is 5.66. The van der Waals surface area contributed by atoms with Crippen molar-refractivity contribution < 1.29 is 4.74 Å². The van der Waals surface area contributed by atoms with Crippen LogP contribution in [0.5, 0.6) is 0 Å². The third kappa shape index (κ3) is 3.33. The lowest BCUT2D eigenvalue weighted by atomic mass is 10.00. The predicted molar refractivity (Wildman–Crippen MR) is 64.0 cm³/mol. The molecule has 2 N–H and O–H groups in total. The van der Waals surface area contributed by atoms with E-state index in [1.54, 1.807) is 0 Å². The molecule has 0 aliphatic heterocycles. The van der Waals surface area contributed by atoms with E-state index in [1.807, 2.05) is 6.92 Å². The van der Waals surface area contributed by atoms with E-state index < -0.39 is 0 Å². The van der Waals surface area contributed by atoms with Crippen molar-refractivity contribution in [3.63, 3.8) is 0 Å². The van der Waals surface area contributed by atoms with Gasteiger partial charge in [-0.25, -0.2) is 0 Å². The fourth-order valence-corrected chi connectivity index (χ4v) is 1.60. The Morgan fingerprint density at radius 1 is 1.13 bits per heavy atom. The van der Waals surface area contributed by atoms with Gasteiger partial charge >= 0.3 is 0 Å². The summed E-state index contributed by atoms with van der Waals surface area (Å²) in [6, 6.07) is 8.54. The average molecular weight is 207 g/mol. The zero-order chi connectivity index (χ0) is 11.3. The van der Waals surface area contributed by atoms with Crippen LogP contribution in [-0.2, 0) is 4.74 Å². The molecule has 1 rings (SSSR count). The summed E-state index contributed by atoms with van der Waals surface area (Å²) >= 11 is 0. The first-order valence-corrected chi connectivity index (χ1v) is 5.60. The molecule has 0 saturated carbocycles. The first-order chi connectivity index (χ1) is 7.19. The highest BCUT2D eigenvalue weighted by Crippen LogP contribution is 2.20. The van der Waals surface area contributed by atoms with Crippen LogP contribution in [0.4, 0.5) is 0 Å². The van der Waals surface area contributed by atoms with Crippen LogP contribution in [0.3, 0.4) is 0 Å². The second kappa shape index (κ2) is 5.89. The van der Waals surface area contributed by atoms with E-state index in [0.717, 1.165) is 0 Å². The summed E-state index contributed by atoms with van der Waals surface area (Å²) in [7, 11) is 0. The maximum absolute atomic E-state index is 5.66.